The lowest BCUT2D eigenvalue weighted by Crippen LogP contribution is -2.49. The van der Waals surface area contributed by atoms with Crippen molar-refractivity contribution in [2.24, 2.45) is 0 Å². The number of amides is 4. The third-order valence-corrected chi connectivity index (χ3v) is 7.95. The fraction of sp³-hybridized carbons (Fsp3) is 0.345. The van der Waals surface area contributed by atoms with E-state index < -0.39 is 5.54 Å². The predicted octanol–water partition coefficient (Wildman–Crippen LogP) is 5.03. The Hall–Kier alpha value is -3.87. The number of imide groups is 1. The van der Waals surface area contributed by atoms with Crippen molar-refractivity contribution < 1.29 is 14.4 Å². The predicted molar refractivity (Wildman–Crippen MR) is 139 cm³/mol. The molecule has 1 aliphatic carbocycles. The summed E-state index contributed by atoms with van der Waals surface area (Å²) < 4.78 is 0. The minimum Gasteiger partial charge on any atom is -0.356 e. The van der Waals surface area contributed by atoms with Gasteiger partial charge >= 0.3 is 6.03 Å². The molecule has 3 heterocycles. The van der Waals surface area contributed by atoms with Crippen LogP contribution in [0, 0.1) is 0 Å². The second kappa shape index (κ2) is 8.66. The Morgan fingerprint density at radius 2 is 1.94 bits per heavy atom. The lowest BCUT2D eigenvalue weighted by atomic mass is 9.87. The van der Waals surface area contributed by atoms with Crippen LogP contribution in [0.1, 0.15) is 60.6 Å². The third kappa shape index (κ3) is 3.45. The Morgan fingerprint density at radius 3 is 2.78 bits per heavy atom. The number of aromatic amines is 1. The van der Waals surface area contributed by atoms with Crippen molar-refractivity contribution in [3.8, 4) is 0 Å². The molecule has 184 valence electrons. The summed E-state index contributed by atoms with van der Waals surface area (Å²) in [6, 6.07) is 14.4. The molecule has 2 N–H and O–H groups in total. The van der Waals surface area contributed by atoms with Gasteiger partial charge in [-0.05, 0) is 75.3 Å². The Morgan fingerprint density at radius 1 is 1.08 bits per heavy atom. The molecule has 7 nitrogen and oxygen atoms in total. The number of aromatic nitrogens is 1. The molecule has 0 radical (unpaired) electrons. The number of fused-ring (bicyclic) bond motifs is 5. The second-order valence-corrected chi connectivity index (χ2v) is 10.1. The highest BCUT2D eigenvalue weighted by molar-refractivity contribution is 6.24. The van der Waals surface area contributed by atoms with Crippen LogP contribution in [0.5, 0.6) is 0 Å². The minimum atomic E-state index is -1.12. The summed E-state index contributed by atoms with van der Waals surface area (Å²) in [5.41, 5.74) is 3.98. The van der Waals surface area contributed by atoms with Crippen LogP contribution in [-0.2, 0) is 16.8 Å². The third-order valence-electron chi connectivity index (χ3n) is 7.95. The highest BCUT2D eigenvalue weighted by Crippen LogP contribution is 2.45. The van der Waals surface area contributed by atoms with Gasteiger partial charge in [0.1, 0.15) is 0 Å². The summed E-state index contributed by atoms with van der Waals surface area (Å²) in [7, 11) is 0. The van der Waals surface area contributed by atoms with Crippen LogP contribution in [0.4, 0.5) is 10.5 Å². The van der Waals surface area contributed by atoms with E-state index >= 15 is 0 Å². The van der Waals surface area contributed by atoms with Gasteiger partial charge in [-0.2, -0.15) is 0 Å². The van der Waals surface area contributed by atoms with Gasteiger partial charge < -0.3 is 15.2 Å². The van der Waals surface area contributed by atoms with E-state index in [9.17, 15) is 14.4 Å². The number of benzene rings is 2. The van der Waals surface area contributed by atoms with Crippen molar-refractivity contribution in [2.45, 2.75) is 51.0 Å². The molecular formula is C29H30N4O3. The molecule has 0 bridgehead atoms. The Bertz CT molecular complexity index is 1420. The molecule has 1 aromatic heterocycles. The van der Waals surface area contributed by atoms with Crippen molar-refractivity contribution in [3.63, 3.8) is 0 Å². The molecule has 1 atom stereocenters. The van der Waals surface area contributed by atoms with E-state index in [1.54, 1.807) is 29.2 Å². The van der Waals surface area contributed by atoms with Gasteiger partial charge in [0.15, 0.2) is 5.54 Å². The van der Waals surface area contributed by atoms with Crippen molar-refractivity contribution in [1.82, 2.24) is 15.2 Å². The average molecular weight is 483 g/mol. The second-order valence-electron chi connectivity index (χ2n) is 10.1. The van der Waals surface area contributed by atoms with E-state index in [0.29, 0.717) is 30.8 Å². The first-order valence-electron chi connectivity index (χ1n) is 12.8. The number of hydrogen-bond acceptors (Lipinski definition) is 3. The van der Waals surface area contributed by atoms with Gasteiger partial charge in [-0.3, -0.25) is 9.59 Å². The first-order valence-corrected chi connectivity index (χ1v) is 12.8. The molecule has 36 heavy (non-hydrogen) atoms. The Kier molecular flexibility index (Phi) is 5.43. The molecule has 0 spiro atoms. The van der Waals surface area contributed by atoms with E-state index in [4.69, 9.17) is 0 Å². The number of anilines is 1. The van der Waals surface area contributed by atoms with Gasteiger partial charge in [-0.15, -0.1) is 0 Å². The number of nitrogens with zero attached hydrogens (tertiary/aromatic N) is 2. The van der Waals surface area contributed by atoms with Gasteiger partial charge in [-0.25, -0.2) is 9.69 Å². The largest absolute Gasteiger partial charge is 0.356 e. The number of allylic oxidation sites excluding steroid dienone is 1. The fourth-order valence-corrected chi connectivity index (χ4v) is 5.98. The maximum Gasteiger partial charge on any atom is 0.332 e. The van der Waals surface area contributed by atoms with Crippen LogP contribution in [0.2, 0.25) is 0 Å². The molecule has 1 saturated heterocycles. The highest BCUT2D eigenvalue weighted by atomic mass is 16.2. The van der Waals surface area contributed by atoms with Gasteiger partial charge in [0.25, 0.3) is 11.8 Å². The average Bonchev–Trinajstić information content (AvgIpc) is 3.38. The SMILES string of the molecule is CC12C(=O)N(c3cccc(C(=O)NCCC4=CCCCC4)c3)C(=O)N1CCc1c2[nH]c2ccccc12. The van der Waals surface area contributed by atoms with Gasteiger partial charge in [0.05, 0.1) is 11.4 Å². The zero-order valence-electron chi connectivity index (χ0n) is 20.5. The van der Waals surface area contributed by atoms with E-state index in [-0.39, 0.29) is 17.8 Å². The van der Waals surface area contributed by atoms with Crippen molar-refractivity contribution in [1.29, 1.82) is 0 Å². The Balaban J connectivity index is 1.26. The number of rotatable bonds is 5. The molecule has 1 fully saturated rings. The topological polar surface area (TPSA) is 85.5 Å². The molecule has 7 heteroatoms. The van der Waals surface area contributed by atoms with Crippen molar-refractivity contribution in [3.05, 3.63) is 77.0 Å². The highest BCUT2D eigenvalue weighted by Gasteiger charge is 2.59. The van der Waals surface area contributed by atoms with Crippen LogP contribution in [0.25, 0.3) is 10.9 Å². The number of H-pyrrole nitrogens is 1. The molecular weight excluding hydrogens is 452 g/mol. The van der Waals surface area contributed by atoms with Crippen LogP contribution in [0.3, 0.4) is 0 Å². The van der Waals surface area contributed by atoms with Crippen LogP contribution in [-0.4, -0.2) is 40.8 Å². The lowest BCUT2D eigenvalue weighted by Gasteiger charge is -2.35. The van der Waals surface area contributed by atoms with Gasteiger partial charge in [0.2, 0.25) is 0 Å². The maximum absolute atomic E-state index is 13.9. The number of para-hydroxylation sites is 1. The standard InChI is InChI=1S/C29H30N4O3/c1-29-25-23(22-12-5-6-13-24(22)31-25)15-17-32(29)28(36)33(27(29)35)21-11-7-10-20(18-21)26(34)30-16-14-19-8-3-2-4-9-19/h5-8,10-13,18,31H,2-4,9,14-17H2,1H3,(H,30,34). The van der Waals surface area contributed by atoms with E-state index in [0.717, 1.165) is 41.4 Å². The number of carbonyl (C=O) groups excluding carboxylic acids is 3. The quantitative estimate of drug-likeness (QED) is 0.395. The molecule has 4 amide bonds. The first-order chi connectivity index (χ1) is 17.5. The summed E-state index contributed by atoms with van der Waals surface area (Å²) in [4.78, 5) is 46.6. The smallest absolute Gasteiger partial charge is 0.332 e. The summed E-state index contributed by atoms with van der Waals surface area (Å²) in [5, 5.41) is 4.08. The lowest BCUT2D eigenvalue weighted by molar-refractivity contribution is -0.125. The molecule has 6 rings (SSSR count). The molecule has 3 aliphatic rings. The van der Waals surface area contributed by atoms with E-state index in [1.807, 2.05) is 25.1 Å². The zero-order valence-corrected chi connectivity index (χ0v) is 20.5. The van der Waals surface area contributed by atoms with Gasteiger partial charge in [-0.1, -0.05) is 35.9 Å². The number of carbonyl (C=O) groups is 3. The molecule has 0 saturated carbocycles. The molecule has 2 aromatic carbocycles. The Labute approximate surface area is 210 Å². The molecule has 2 aliphatic heterocycles. The summed E-state index contributed by atoms with van der Waals surface area (Å²) >= 11 is 0. The van der Waals surface area contributed by atoms with Crippen molar-refractivity contribution in [2.75, 3.05) is 18.0 Å². The normalized spacial score (nSPS) is 21.4. The summed E-state index contributed by atoms with van der Waals surface area (Å²) in [6.07, 6.45) is 8.52. The van der Waals surface area contributed by atoms with Crippen LogP contribution in [0.15, 0.2) is 60.2 Å². The summed E-state index contributed by atoms with van der Waals surface area (Å²) in [6.45, 7) is 2.85. The number of hydrogen-bond donors (Lipinski definition) is 2. The van der Waals surface area contributed by atoms with E-state index in [1.165, 1.54) is 23.3 Å². The van der Waals surface area contributed by atoms with Crippen molar-refractivity contribution >= 4 is 34.4 Å². The maximum atomic E-state index is 13.9. The molecule has 3 aromatic rings. The number of urea groups is 1. The molecule has 1 unspecified atom stereocenters. The first kappa shape index (κ1) is 22.6. The van der Waals surface area contributed by atoms with Crippen LogP contribution >= 0.6 is 0 Å². The van der Waals surface area contributed by atoms with Gasteiger partial charge in [0, 0.05) is 29.6 Å². The monoisotopic (exact) mass is 482 g/mol. The minimum absolute atomic E-state index is 0.200. The fourth-order valence-electron chi connectivity index (χ4n) is 5.98. The van der Waals surface area contributed by atoms with E-state index in [2.05, 4.69) is 22.4 Å². The zero-order chi connectivity index (χ0) is 24.9. The summed E-state index contributed by atoms with van der Waals surface area (Å²) in [5.74, 6) is -0.504. The van der Waals surface area contributed by atoms with Crippen LogP contribution < -0.4 is 10.2 Å². The number of nitrogens with one attached hydrogen (secondary N) is 2.